The number of nitrogens with zero attached hydrogens (tertiary/aromatic N) is 2. The molecule has 1 heterocycles. The van der Waals surface area contributed by atoms with E-state index in [0.717, 1.165) is 18.6 Å². The minimum absolute atomic E-state index is 0.00534. The first-order valence-corrected chi connectivity index (χ1v) is 9.89. The maximum absolute atomic E-state index is 12.6. The lowest BCUT2D eigenvalue weighted by Gasteiger charge is -2.35. The van der Waals surface area contributed by atoms with Gasteiger partial charge >= 0.3 is 0 Å². The first kappa shape index (κ1) is 19.9. The topological polar surface area (TPSA) is 49.9 Å². The molecule has 1 aliphatic heterocycles. The van der Waals surface area contributed by atoms with Gasteiger partial charge in [0.05, 0.1) is 7.11 Å². The number of rotatable bonds is 6. The number of ether oxygens (including phenoxy) is 1. The summed E-state index contributed by atoms with van der Waals surface area (Å²) in [5.41, 5.74) is 3.16. The Labute approximate surface area is 166 Å². The molecule has 5 heteroatoms. The van der Waals surface area contributed by atoms with Crippen LogP contribution >= 0.6 is 0 Å². The van der Waals surface area contributed by atoms with Crippen LogP contribution < -0.4 is 4.74 Å². The van der Waals surface area contributed by atoms with Crippen LogP contribution in [0.4, 0.5) is 0 Å². The molecule has 0 saturated carbocycles. The summed E-state index contributed by atoms with van der Waals surface area (Å²) in [7, 11) is 1.60. The molecule has 0 aromatic heterocycles. The van der Waals surface area contributed by atoms with E-state index in [1.807, 2.05) is 9.80 Å². The quantitative estimate of drug-likeness (QED) is 0.773. The molecule has 0 N–H and O–H groups in total. The van der Waals surface area contributed by atoms with Gasteiger partial charge in [-0.2, -0.15) is 0 Å². The standard InChI is InChI=1S/C23H28N2O3/c1-3-18-4-6-19(7-5-18)8-13-22(26)24-14-16-25(17-15-24)23(27)20-9-11-21(28-2)12-10-20/h4-7,9-12H,3,8,13-17H2,1-2H3. The summed E-state index contributed by atoms with van der Waals surface area (Å²) in [5, 5.41) is 0. The fourth-order valence-electron chi connectivity index (χ4n) is 3.43. The molecule has 1 fully saturated rings. The van der Waals surface area contributed by atoms with Gasteiger partial charge in [-0.15, -0.1) is 0 Å². The molecule has 0 spiro atoms. The monoisotopic (exact) mass is 380 g/mol. The Morgan fingerprint density at radius 3 is 2.00 bits per heavy atom. The second-order valence-electron chi connectivity index (χ2n) is 7.07. The number of hydrogen-bond donors (Lipinski definition) is 0. The van der Waals surface area contributed by atoms with Gasteiger partial charge in [0.25, 0.3) is 5.91 Å². The third kappa shape index (κ3) is 4.91. The van der Waals surface area contributed by atoms with Crippen LogP contribution in [0.15, 0.2) is 48.5 Å². The average Bonchev–Trinajstić information content (AvgIpc) is 2.77. The lowest BCUT2D eigenvalue weighted by Crippen LogP contribution is -2.50. The van der Waals surface area contributed by atoms with E-state index < -0.39 is 0 Å². The smallest absolute Gasteiger partial charge is 0.253 e. The number of methoxy groups -OCH3 is 1. The maximum Gasteiger partial charge on any atom is 0.253 e. The predicted octanol–water partition coefficient (Wildman–Crippen LogP) is 3.17. The summed E-state index contributed by atoms with van der Waals surface area (Å²) in [4.78, 5) is 28.8. The molecule has 28 heavy (non-hydrogen) atoms. The molecule has 5 nitrogen and oxygen atoms in total. The van der Waals surface area contributed by atoms with Gasteiger partial charge in [-0.3, -0.25) is 9.59 Å². The van der Waals surface area contributed by atoms with Gasteiger partial charge in [-0.05, 0) is 48.2 Å². The van der Waals surface area contributed by atoms with Gasteiger partial charge < -0.3 is 14.5 Å². The fraction of sp³-hybridized carbons (Fsp3) is 0.391. The van der Waals surface area contributed by atoms with E-state index in [2.05, 4.69) is 31.2 Å². The normalized spacial score (nSPS) is 14.1. The van der Waals surface area contributed by atoms with Crippen molar-refractivity contribution in [3.05, 3.63) is 65.2 Å². The van der Waals surface area contributed by atoms with Crippen molar-refractivity contribution in [2.24, 2.45) is 0 Å². The molecule has 2 amide bonds. The van der Waals surface area contributed by atoms with Crippen LogP contribution in [-0.4, -0.2) is 54.9 Å². The Morgan fingerprint density at radius 2 is 1.43 bits per heavy atom. The van der Waals surface area contributed by atoms with Gasteiger partial charge in [0, 0.05) is 38.2 Å². The summed E-state index contributed by atoms with van der Waals surface area (Å²) >= 11 is 0. The molecule has 3 rings (SSSR count). The zero-order valence-electron chi connectivity index (χ0n) is 16.7. The van der Waals surface area contributed by atoms with E-state index in [4.69, 9.17) is 4.74 Å². The summed E-state index contributed by atoms with van der Waals surface area (Å²) in [5.74, 6) is 0.901. The number of piperazine rings is 1. The van der Waals surface area contributed by atoms with E-state index in [9.17, 15) is 9.59 Å². The highest BCUT2D eigenvalue weighted by Crippen LogP contribution is 2.15. The lowest BCUT2D eigenvalue weighted by atomic mass is 10.1. The fourth-order valence-corrected chi connectivity index (χ4v) is 3.43. The number of amides is 2. The molecule has 0 aliphatic carbocycles. The van der Waals surface area contributed by atoms with Crippen LogP contribution in [0.2, 0.25) is 0 Å². The number of aryl methyl sites for hydroxylation is 2. The Bertz CT molecular complexity index is 792. The van der Waals surface area contributed by atoms with E-state index in [1.54, 1.807) is 31.4 Å². The van der Waals surface area contributed by atoms with Crippen molar-refractivity contribution in [3.8, 4) is 5.75 Å². The third-order valence-corrected chi connectivity index (χ3v) is 5.32. The van der Waals surface area contributed by atoms with Crippen molar-refractivity contribution in [1.29, 1.82) is 0 Å². The van der Waals surface area contributed by atoms with Gasteiger partial charge in [0.15, 0.2) is 0 Å². The van der Waals surface area contributed by atoms with E-state index in [1.165, 1.54) is 11.1 Å². The molecule has 2 aromatic rings. The second kappa shape index (κ2) is 9.40. The van der Waals surface area contributed by atoms with Crippen LogP contribution in [0.25, 0.3) is 0 Å². The number of carbonyl (C=O) groups excluding carboxylic acids is 2. The van der Waals surface area contributed by atoms with E-state index >= 15 is 0 Å². The summed E-state index contributed by atoms with van der Waals surface area (Å²) in [6, 6.07) is 15.6. The summed E-state index contributed by atoms with van der Waals surface area (Å²) in [6.07, 6.45) is 2.30. The van der Waals surface area contributed by atoms with E-state index in [-0.39, 0.29) is 11.8 Å². The molecule has 0 bridgehead atoms. The van der Waals surface area contributed by atoms with Crippen molar-refractivity contribution in [2.75, 3.05) is 33.3 Å². The van der Waals surface area contributed by atoms with Crippen LogP contribution in [0.3, 0.4) is 0 Å². The molecule has 1 saturated heterocycles. The molecule has 0 atom stereocenters. The number of hydrogen-bond acceptors (Lipinski definition) is 3. The van der Waals surface area contributed by atoms with Gasteiger partial charge in [0.2, 0.25) is 5.91 Å². The molecule has 0 unspecified atom stereocenters. The highest BCUT2D eigenvalue weighted by molar-refractivity contribution is 5.94. The molecule has 0 radical (unpaired) electrons. The Balaban J connectivity index is 1.47. The largest absolute Gasteiger partial charge is 0.497 e. The van der Waals surface area contributed by atoms with Crippen molar-refractivity contribution < 1.29 is 14.3 Å². The third-order valence-electron chi connectivity index (χ3n) is 5.32. The highest BCUT2D eigenvalue weighted by atomic mass is 16.5. The van der Waals surface area contributed by atoms with E-state index in [0.29, 0.717) is 38.2 Å². The summed E-state index contributed by atoms with van der Waals surface area (Å²) < 4.78 is 5.13. The predicted molar refractivity (Wildman–Crippen MR) is 110 cm³/mol. The Morgan fingerprint density at radius 1 is 0.857 bits per heavy atom. The van der Waals surface area contributed by atoms with Gasteiger partial charge in [0.1, 0.15) is 5.75 Å². The molecule has 148 valence electrons. The van der Waals surface area contributed by atoms with Gasteiger partial charge in [-0.1, -0.05) is 31.2 Å². The second-order valence-corrected chi connectivity index (χ2v) is 7.07. The molecule has 2 aromatic carbocycles. The number of carbonyl (C=O) groups is 2. The van der Waals surface area contributed by atoms with Crippen LogP contribution in [0, 0.1) is 0 Å². The van der Waals surface area contributed by atoms with Crippen molar-refractivity contribution in [1.82, 2.24) is 9.80 Å². The first-order valence-electron chi connectivity index (χ1n) is 9.89. The van der Waals surface area contributed by atoms with Crippen molar-refractivity contribution in [3.63, 3.8) is 0 Å². The molecule has 1 aliphatic rings. The van der Waals surface area contributed by atoms with Crippen LogP contribution in [0.5, 0.6) is 5.75 Å². The zero-order valence-corrected chi connectivity index (χ0v) is 16.7. The SMILES string of the molecule is CCc1ccc(CCC(=O)N2CCN(C(=O)c3ccc(OC)cc3)CC2)cc1. The zero-order chi connectivity index (χ0) is 19.9. The Kier molecular flexibility index (Phi) is 6.69. The Hall–Kier alpha value is -2.82. The van der Waals surface area contributed by atoms with Crippen LogP contribution in [0.1, 0.15) is 34.8 Å². The average molecular weight is 380 g/mol. The molecular weight excluding hydrogens is 352 g/mol. The maximum atomic E-state index is 12.6. The first-order chi connectivity index (χ1) is 13.6. The minimum atomic E-state index is 0.00534. The van der Waals surface area contributed by atoms with Crippen molar-refractivity contribution in [2.45, 2.75) is 26.2 Å². The van der Waals surface area contributed by atoms with Gasteiger partial charge in [-0.25, -0.2) is 0 Å². The number of benzene rings is 2. The minimum Gasteiger partial charge on any atom is -0.497 e. The van der Waals surface area contributed by atoms with Crippen molar-refractivity contribution >= 4 is 11.8 Å². The lowest BCUT2D eigenvalue weighted by molar-refractivity contribution is -0.132. The highest BCUT2D eigenvalue weighted by Gasteiger charge is 2.24. The van der Waals surface area contributed by atoms with Crippen LogP contribution in [-0.2, 0) is 17.6 Å². The molecular formula is C23H28N2O3. The summed E-state index contributed by atoms with van der Waals surface area (Å²) in [6.45, 7) is 4.46.